The Hall–Kier alpha value is -0.640. The maximum atomic E-state index is 3.70. The molecule has 0 aromatic heterocycles. The van der Waals surface area contributed by atoms with Crippen molar-refractivity contribution in [1.82, 2.24) is 5.32 Å². The summed E-state index contributed by atoms with van der Waals surface area (Å²) in [6.45, 7) is 8.81. The van der Waals surface area contributed by atoms with Crippen LogP contribution in [0.5, 0.6) is 0 Å². The number of rotatable bonds is 3. The Balaban J connectivity index is 2.67. The van der Waals surface area contributed by atoms with E-state index in [9.17, 15) is 0 Å². The molecule has 0 heterocycles. The standard InChI is InChI=1S/C18H21Br2N/c1-10-8-11(2)13(4)17(12(10)3)18(21-5)15-7-6-14(19)9-16(15)20/h6-9,18,21H,1-5H3. The molecule has 2 aromatic rings. The van der Waals surface area contributed by atoms with Crippen LogP contribution in [-0.4, -0.2) is 7.05 Å². The fourth-order valence-electron chi connectivity index (χ4n) is 2.87. The van der Waals surface area contributed by atoms with Crippen molar-refractivity contribution in [3.63, 3.8) is 0 Å². The van der Waals surface area contributed by atoms with Gasteiger partial charge in [0.05, 0.1) is 6.04 Å². The lowest BCUT2D eigenvalue weighted by atomic mass is 9.87. The van der Waals surface area contributed by atoms with Gasteiger partial charge in [0.2, 0.25) is 0 Å². The van der Waals surface area contributed by atoms with Crippen LogP contribution in [0.15, 0.2) is 33.2 Å². The number of halogens is 2. The Morgan fingerprint density at radius 2 is 1.48 bits per heavy atom. The van der Waals surface area contributed by atoms with E-state index in [1.807, 2.05) is 7.05 Å². The average molecular weight is 411 g/mol. The summed E-state index contributed by atoms with van der Waals surface area (Å²) in [5, 5.41) is 3.49. The van der Waals surface area contributed by atoms with E-state index in [-0.39, 0.29) is 6.04 Å². The molecule has 21 heavy (non-hydrogen) atoms. The van der Waals surface area contributed by atoms with Crippen molar-refractivity contribution in [3.8, 4) is 0 Å². The van der Waals surface area contributed by atoms with E-state index in [1.54, 1.807) is 0 Å². The topological polar surface area (TPSA) is 12.0 Å². The second-order valence-corrected chi connectivity index (χ2v) is 7.33. The Kier molecular flexibility index (Phi) is 5.29. The zero-order chi connectivity index (χ0) is 15.7. The van der Waals surface area contributed by atoms with E-state index in [0.29, 0.717) is 0 Å². The lowest BCUT2D eigenvalue weighted by Crippen LogP contribution is -2.21. The number of aryl methyl sites for hydroxylation is 2. The number of nitrogens with one attached hydrogen (secondary N) is 1. The molecule has 112 valence electrons. The Bertz CT molecular complexity index is 651. The molecule has 1 nitrogen and oxygen atoms in total. The molecule has 1 N–H and O–H groups in total. The SMILES string of the molecule is CNC(c1ccc(Br)cc1Br)c1c(C)c(C)cc(C)c1C. The largest absolute Gasteiger partial charge is 0.309 e. The third-order valence-corrected chi connectivity index (χ3v) is 5.45. The molecule has 0 fully saturated rings. The third kappa shape index (κ3) is 3.25. The molecular formula is C18H21Br2N. The Labute approximate surface area is 144 Å². The summed E-state index contributed by atoms with van der Waals surface area (Å²) in [5.41, 5.74) is 8.08. The van der Waals surface area contributed by atoms with Crippen LogP contribution in [0.1, 0.15) is 39.4 Å². The van der Waals surface area contributed by atoms with Gasteiger partial charge in [-0.15, -0.1) is 0 Å². The molecule has 0 aliphatic carbocycles. The van der Waals surface area contributed by atoms with Gasteiger partial charge in [-0.2, -0.15) is 0 Å². The van der Waals surface area contributed by atoms with Crippen LogP contribution in [-0.2, 0) is 0 Å². The first-order valence-corrected chi connectivity index (χ1v) is 8.65. The molecule has 2 aromatic carbocycles. The molecule has 0 aliphatic rings. The summed E-state index contributed by atoms with van der Waals surface area (Å²) in [6, 6.07) is 8.83. The predicted octanol–water partition coefficient (Wildman–Crippen LogP) is 5.75. The molecule has 1 atom stereocenters. The summed E-state index contributed by atoms with van der Waals surface area (Å²) in [5.74, 6) is 0. The van der Waals surface area contributed by atoms with Crippen LogP contribution in [0.2, 0.25) is 0 Å². The first kappa shape index (κ1) is 16.7. The van der Waals surface area contributed by atoms with Crippen molar-refractivity contribution < 1.29 is 0 Å². The Morgan fingerprint density at radius 3 is 1.95 bits per heavy atom. The van der Waals surface area contributed by atoms with Crippen molar-refractivity contribution in [2.75, 3.05) is 7.05 Å². The summed E-state index contributed by atoms with van der Waals surface area (Å²) in [4.78, 5) is 0. The van der Waals surface area contributed by atoms with Crippen molar-refractivity contribution in [2.45, 2.75) is 33.7 Å². The molecule has 0 saturated heterocycles. The molecule has 3 heteroatoms. The first-order valence-electron chi connectivity index (χ1n) is 7.06. The van der Waals surface area contributed by atoms with Crippen LogP contribution >= 0.6 is 31.9 Å². The van der Waals surface area contributed by atoms with Crippen molar-refractivity contribution >= 4 is 31.9 Å². The quantitative estimate of drug-likeness (QED) is 0.678. The van der Waals surface area contributed by atoms with Gasteiger partial charge in [-0.05, 0) is 80.3 Å². The number of benzene rings is 2. The molecule has 1 unspecified atom stereocenters. The second-order valence-electron chi connectivity index (χ2n) is 5.56. The fourth-order valence-corrected chi connectivity index (χ4v) is 4.15. The van der Waals surface area contributed by atoms with Crippen LogP contribution in [0.25, 0.3) is 0 Å². The van der Waals surface area contributed by atoms with Gasteiger partial charge in [0.1, 0.15) is 0 Å². The highest BCUT2D eigenvalue weighted by atomic mass is 79.9. The summed E-state index contributed by atoms with van der Waals surface area (Å²) >= 11 is 7.23. The van der Waals surface area contributed by atoms with Gasteiger partial charge in [0, 0.05) is 8.95 Å². The van der Waals surface area contributed by atoms with Crippen LogP contribution in [0, 0.1) is 27.7 Å². The van der Waals surface area contributed by atoms with Crippen LogP contribution in [0.4, 0.5) is 0 Å². The molecule has 0 saturated carbocycles. The molecule has 2 rings (SSSR count). The lowest BCUT2D eigenvalue weighted by Gasteiger charge is -2.25. The minimum absolute atomic E-state index is 0.186. The molecule has 0 bridgehead atoms. The maximum absolute atomic E-state index is 3.70. The van der Waals surface area contributed by atoms with Gasteiger partial charge < -0.3 is 5.32 Å². The minimum atomic E-state index is 0.186. The third-order valence-electron chi connectivity index (χ3n) is 4.27. The van der Waals surface area contributed by atoms with E-state index in [4.69, 9.17) is 0 Å². The monoisotopic (exact) mass is 409 g/mol. The highest BCUT2D eigenvalue weighted by molar-refractivity contribution is 9.11. The Morgan fingerprint density at radius 1 is 0.905 bits per heavy atom. The summed E-state index contributed by atoms with van der Waals surface area (Å²) in [6.07, 6.45) is 0. The van der Waals surface area contributed by atoms with E-state index in [1.165, 1.54) is 33.4 Å². The van der Waals surface area contributed by atoms with Gasteiger partial charge in [-0.3, -0.25) is 0 Å². The highest BCUT2D eigenvalue weighted by Crippen LogP contribution is 2.35. The maximum Gasteiger partial charge on any atom is 0.0590 e. The highest BCUT2D eigenvalue weighted by Gasteiger charge is 2.21. The van der Waals surface area contributed by atoms with Crippen molar-refractivity contribution in [1.29, 1.82) is 0 Å². The second kappa shape index (κ2) is 6.64. The summed E-state index contributed by atoms with van der Waals surface area (Å²) < 4.78 is 2.20. The average Bonchev–Trinajstić information content (AvgIpc) is 2.42. The van der Waals surface area contributed by atoms with Crippen molar-refractivity contribution in [2.24, 2.45) is 0 Å². The molecule has 0 aliphatic heterocycles. The van der Waals surface area contributed by atoms with Gasteiger partial charge in [-0.1, -0.05) is 44.0 Å². The number of hydrogen-bond acceptors (Lipinski definition) is 1. The fraction of sp³-hybridized carbons (Fsp3) is 0.333. The molecular weight excluding hydrogens is 390 g/mol. The molecule has 0 radical (unpaired) electrons. The van der Waals surface area contributed by atoms with Gasteiger partial charge >= 0.3 is 0 Å². The summed E-state index contributed by atoms with van der Waals surface area (Å²) in [7, 11) is 2.02. The van der Waals surface area contributed by atoms with E-state index in [0.717, 1.165) is 8.95 Å². The smallest absolute Gasteiger partial charge is 0.0590 e. The number of hydrogen-bond donors (Lipinski definition) is 1. The lowest BCUT2D eigenvalue weighted by molar-refractivity contribution is 0.678. The van der Waals surface area contributed by atoms with Crippen LogP contribution < -0.4 is 5.32 Å². The van der Waals surface area contributed by atoms with Gasteiger partial charge in [-0.25, -0.2) is 0 Å². The minimum Gasteiger partial charge on any atom is -0.309 e. The van der Waals surface area contributed by atoms with E-state index < -0.39 is 0 Å². The first-order chi connectivity index (χ1) is 9.86. The normalized spacial score (nSPS) is 12.5. The zero-order valence-electron chi connectivity index (χ0n) is 13.1. The van der Waals surface area contributed by atoms with E-state index in [2.05, 4.69) is 89.1 Å². The van der Waals surface area contributed by atoms with Crippen molar-refractivity contribution in [3.05, 3.63) is 66.6 Å². The van der Waals surface area contributed by atoms with Crippen LogP contribution in [0.3, 0.4) is 0 Å². The van der Waals surface area contributed by atoms with E-state index >= 15 is 0 Å². The van der Waals surface area contributed by atoms with Gasteiger partial charge in [0.25, 0.3) is 0 Å². The van der Waals surface area contributed by atoms with Gasteiger partial charge in [0.15, 0.2) is 0 Å². The molecule has 0 amide bonds. The predicted molar refractivity (Wildman–Crippen MR) is 98.1 cm³/mol. The molecule has 0 spiro atoms. The zero-order valence-corrected chi connectivity index (χ0v) is 16.3.